The van der Waals surface area contributed by atoms with Crippen molar-refractivity contribution in [2.75, 3.05) is 7.05 Å². The maximum atomic E-state index is 3.34. The lowest BCUT2D eigenvalue weighted by Gasteiger charge is -2.30. The van der Waals surface area contributed by atoms with Gasteiger partial charge in [-0.3, -0.25) is 0 Å². The van der Waals surface area contributed by atoms with E-state index in [1.807, 2.05) is 0 Å². The molecule has 4 unspecified atom stereocenters. The van der Waals surface area contributed by atoms with Gasteiger partial charge < -0.3 is 5.32 Å². The quantitative estimate of drug-likeness (QED) is 0.772. The van der Waals surface area contributed by atoms with E-state index in [-0.39, 0.29) is 0 Å². The first-order valence-corrected chi connectivity index (χ1v) is 6.90. The third-order valence-corrected chi connectivity index (χ3v) is 5.11. The summed E-state index contributed by atoms with van der Waals surface area (Å²) in [5, 5.41) is 5.01. The summed E-state index contributed by atoms with van der Waals surface area (Å²) in [5.41, 5.74) is 0. The summed E-state index contributed by atoms with van der Waals surface area (Å²) in [4.78, 5) is 0. The topological polar surface area (TPSA) is 12.0 Å². The van der Waals surface area contributed by atoms with Crippen molar-refractivity contribution in [3.05, 3.63) is 0 Å². The Labute approximate surface area is 93.4 Å². The second-order valence-electron chi connectivity index (χ2n) is 4.81. The Kier molecular flexibility index (Phi) is 5.32. The van der Waals surface area contributed by atoms with E-state index in [1.54, 1.807) is 0 Å². The van der Waals surface area contributed by atoms with Gasteiger partial charge in [0.25, 0.3) is 0 Å². The molecule has 1 aliphatic carbocycles. The van der Waals surface area contributed by atoms with Gasteiger partial charge >= 0.3 is 0 Å². The normalized spacial score (nSPS) is 32.6. The number of hydrogen-bond acceptors (Lipinski definition) is 2. The molecule has 84 valence electrons. The summed E-state index contributed by atoms with van der Waals surface area (Å²) in [5.74, 6) is 0.957. The molecule has 0 radical (unpaired) electrons. The minimum absolute atomic E-state index is 0.636. The molecule has 0 aromatic heterocycles. The molecule has 0 amide bonds. The van der Waals surface area contributed by atoms with Crippen LogP contribution in [-0.4, -0.2) is 23.6 Å². The van der Waals surface area contributed by atoms with Gasteiger partial charge in [0.15, 0.2) is 0 Å². The Morgan fingerprint density at radius 1 is 1.29 bits per heavy atom. The maximum Gasteiger partial charge on any atom is 0.0172 e. The van der Waals surface area contributed by atoms with E-state index in [0.717, 1.165) is 16.4 Å². The maximum absolute atomic E-state index is 3.34. The largest absolute Gasteiger partial charge is 0.316 e. The first-order valence-electron chi connectivity index (χ1n) is 5.96. The van der Waals surface area contributed by atoms with E-state index in [1.165, 1.54) is 25.7 Å². The zero-order valence-corrected chi connectivity index (χ0v) is 10.9. The molecule has 0 aliphatic heterocycles. The first kappa shape index (κ1) is 12.4. The lowest BCUT2D eigenvalue weighted by atomic mass is 9.91. The zero-order valence-electron chi connectivity index (χ0n) is 10.0. The Morgan fingerprint density at radius 3 is 2.57 bits per heavy atom. The molecule has 0 aromatic rings. The van der Waals surface area contributed by atoms with Gasteiger partial charge in [-0.15, -0.1) is 0 Å². The number of thioether (sulfide) groups is 1. The second kappa shape index (κ2) is 6.02. The Hall–Kier alpha value is 0.310. The van der Waals surface area contributed by atoms with Gasteiger partial charge in [-0.1, -0.05) is 26.7 Å². The monoisotopic (exact) mass is 215 g/mol. The van der Waals surface area contributed by atoms with Crippen molar-refractivity contribution in [1.29, 1.82) is 0 Å². The SMILES string of the molecule is CNC(C)C(C)SC1CCCC(C)C1. The molecule has 2 heteroatoms. The molecule has 4 atom stereocenters. The second-order valence-corrected chi connectivity index (χ2v) is 6.49. The lowest BCUT2D eigenvalue weighted by Crippen LogP contribution is -2.32. The summed E-state index contributed by atoms with van der Waals surface area (Å²) in [6.07, 6.45) is 5.77. The van der Waals surface area contributed by atoms with Crippen molar-refractivity contribution in [3.8, 4) is 0 Å². The predicted molar refractivity (Wildman–Crippen MR) is 67.0 cm³/mol. The lowest BCUT2D eigenvalue weighted by molar-refractivity contribution is 0.393. The molecule has 0 saturated heterocycles. The van der Waals surface area contributed by atoms with Crippen LogP contribution in [0.25, 0.3) is 0 Å². The minimum atomic E-state index is 0.636. The van der Waals surface area contributed by atoms with Crippen molar-refractivity contribution in [1.82, 2.24) is 5.32 Å². The smallest absolute Gasteiger partial charge is 0.0172 e. The molecule has 1 rings (SSSR count). The fourth-order valence-corrected chi connectivity index (χ4v) is 3.88. The molecule has 14 heavy (non-hydrogen) atoms. The summed E-state index contributed by atoms with van der Waals surface area (Å²) in [7, 11) is 2.06. The fourth-order valence-electron chi connectivity index (χ4n) is 2.16. The van der Waals surface area contributed by atoms with E-state index in [2.05, 4.69) is 44.9 Å². The van der Waals surface area contributed by atoms with Crippen LogP contribution in [-0.2, 0) is 0 Å². The summed E-state index contributed by atoms with van der Waals surface area (Å²) < 4.78 is 0. The molecular formula is C12H25NS. The number of nitrogens with one attached hydrogen (secondary N) is 1. The third kappa shape index (κ3) is 3.82. The van der Waals surface area contributed by atoms with Crippen LogP contribution >= 0.6 is 11.8 Å². The van der Waals surface area contributed by atoms with Crippen LogP contribution in [0.1, 0.15) is 46.5 Å². The van der Waals surface area contributed by atoms with Gasteiger partial charge in [0.1, 0.15) is 0 Å². The van der Waals surface area contributed by atoms with Gasteiger partial charge in [0.05, 0.1) is 0 Å². The van der Waals surface area contributed by atoms with Crippen molar-refractivity contribution in [3.63, 3.8) is 0 Å². The molecule has 1 aliphatic rings. The van der Waals surface area contributed by atoms with E-state index in [0.29, 0.717) is 6.04 Å². The Balaban J connectivity index is 2.28. The van der Waals surface area contributed by atoms with Gasteiger partial charge in [0.2, 0.25) is 0 Å². The molecule has 1 saturated carbocycles. The zero-order chi connectivity index (χ0) is 10.6. The molecule has 0 aromatic carbocycles. The highest BCUT2D eigenvalue weighted by Crippen LogP contribution is 2.34. The average Bonchev–Trinajstić information content (AvgIpc) is 2.16. The van der Waals surface area contributed by atoms with Crippen LogP contribution in [0.5, 0.6) is 0 Å². The van der Waals surface area contributed by atoms with Gasteiger partial charge in [0, 0.05) is 16.5 Å². The van der Waals surface area contributed by atoms with Crippen molar-refractivity contribution >= 4 is 11.8 Å². The fraction of sp³-hybridized carbons (Fsp3) is 1.00. The molecule has 1 fully saturated rings. The van der Waals surface area contributed by atoms with Crippen LogP contribution in [0.2, 0.25) is 0 Å². The summed E-state index contributed by atoms with van der Waals surface area (Å²) in [6, 6.07) is 0.636. The van der Waals surface area contributed by atoms with Crippen molar-refractivity contribution in [2.45, 2.75) is 63.0 Å². The summed E-state index contributed by atoms with van der Waals surface area (Å²) >= 11 is 2.19. The van der Waals surface area contributed by atoms with E-state index < -0.39 is 0 Å². The average molecular weight is 215 g/mol. The van der Waals surface area contributed by atoms with Crippen LogP contribution in [0.3, 0.4) is 0 Å². The first-order chi connectivity index (χ1) is 6.63. The molecule has 0 spiro atoms. The number of rotatable bonds is 4. The van der Waals surface area contributed by atoms with Gasteiger partial charge in [-0.05, 0) is 32.7 Å². The molecule has 0 heterocycles. The van der Waals surface area contributed by atoms with Gasteiger partial charge in [-0.2, -0.15) is 11.8 Å². The predicted octanol–water partition coefficient (Wildman–Crippen LogP) is 3.29. The van der Waals surface area contributed by atoms with E-state index in [4.69, 9.17) is 0 Å². The van der Waals surface area contributed by atoms with E-state index >= 15 is 0 Å². The molecule has 1 N–H and O–H groups in total. The van der Waals surface area contributed by atoms with Crippen molar-refractivity contribution < 1.29 is 0 Å². The van der Waals surface area contributed by atoms with Crippen LogP contribution in [0.15, 0.2) is 0 Å². The third-order valence-electron chi connectivity index (χ3n) is 3.45. The van der Waals surface area contributed by atoms with Gasteiger partial charge in [-0.25, -0.2) is 0 Å². The van der Waals surface area contributed by atoms with E-state index in [9.17, 15) is 0 Å². The molecule has 0 bridgehead atoms. The van der Waals surface area contributed by atoms with Crippen LogP contribution in [0.4, 0.5) is 0 Å². The highest BCUT2D eigenvalue weighted by Gasteiger charge is 2.22. The minimum Gasteiger partial charge on any atom is -0.316 e. The molecular weight excluding hydrogens is 190 g/mol. The van der Waals surface area contributed by atoms with Crippen LogP contribution < -0.4 is 5.32 Å². The Bertz CT molecular complexity index is 160. The standard InChI is InChI=1S/C12H25NS/c1-9-6-5-7-12(8-9)14-11(3)10(2)13-4/h9-13H,5-8H2,1-4H3. The van der Waals surface area contributed by atoms with Crippen molar-refractivity contribution in [2.24, 2.45) is 5.92 Å². The molecule has 1 nitrogen and oxygen atoms in total. The summed E-state index contributed by atoms with van der Waals surface area (Å²) in [6.45, 7) is 7.04. The highest BCUT2D eigenvalue weighted by atomic mass is 32.2. The number of hydrogen-bond donors (Lipinski definition) is 1. The Morgan fingerprint density at radius 2 is 2.00 bits per heavy atom. The highest BCUT2D eigenvalue weighted by molar-refractivity contribution is 8.00. The van der Waals surface area contributed by atoms with Crippen LogP contribution in [0, 0.1) is 5.92 Å².